The Kier molecular flexibility index (Phi) is 2.88. The van der Waals surface area contributed by atoms with E-state index in [1.54, 1.807) is 0 Å². The van der Waals surface area contributed by atoms with Crippen LogP contribution in [0.2, 0.25) is 0 Å². The average molecular weight is 146 g/mol. The zero-order chi connectivity index (χ0) is 7.44. The molecule has 3 heteroatoms. The first-order chi connectivity index (χ1) is 4.04. The maximum Gasteiger partial charge on any atom is 0.110 e. The van der Waals surface area contributed by atoms with Gasteiger partial charge in [-0.05, 0) is 0 Å². The first-order valence-electron chi connectivity index (χ1n) is 2.24. The highest BCUT2D eigenvalue weighted by molar-refractivity contribution is 6.31. The number of allylic oxidation sites excluding steroid dienone is 2. The van der Waals surface area contributed by atoms with Crippen LogP contribution >= 0.6 is 11.6 Å². The molecular formula is C6H8ClNO. The Hall–Kier alpha value is -0.890. The SMILES string of the molecule is C=C(O)/C=C(/N)C(=C)Cl. The number of nitrogens with two attached hydrogens (primary N) is 1. The van der Waals surface area contributed by atoms with Crippen LogP contribution in [0.3, 0.4) is 0 Å². The fourth-order valence-electron chi connectivity index (χ4n) is 0.258. The zero-order valence-electron chi connectivity index (χ0n) is 4.89. The molecule has 0 fully saturated rings. The molecule has 0 radical (unpaired) electrons. The van der Waals surface area contributed by atoms with Gasteiger partial charge in [0.1, 0.15) is 5.76 Å². The standard InChI is InChI=1S/C6H8ClNO/c1-4(9)3-6(8)5(2)7/h3,9H,1-2,8H2/b6-3+. The second-order valence-electron chi connectivity index (χ2n) is 1.50. The third kappa shape index (κ3) is 3.67. The third-order valence-electron chi connectivity index (χ3n) is 0.635. The monoisotopic (exact) mass is 145 g/mol. The van der Waals surface area contributed by atoms with E-state index in [4.69, 9.17) is 22.4 Å². The van der Waals surface area contributed by atoms with Crippen molar-refractivity contribution in [1.82, 2.24) is 0 Å². The van der Waals surface area contributed by atoms with Crippen LogP contribution in [0.25, 0.3) is 0 Å². The topological polar surface area (TPSA) is 46.2 Å². The Bertz CT molecular complexity index is 172. The highest BCUT2D eigenvalue weighted by atomic mass is 35.5. The number of halogens is 1. The Morgan fingerprint density at radius 2 is 2.00 bits per heavy atom. The molecule has 0 aliphatic heterocycles. The van der Waals surface area contributed by atoms with Crippen molar-refractivity contribution in [3.8, 4) is 0 Å². The van der Waals surface area contributed by atoms with Gasteiger partial charge in [0.05, 0.1) is 10.7 Å². The molecule has 0 rings (SSSR count). The fraction of sp³-hybridized carbons (Fsp3) is 0. The summed E-state index contributed by atoms with van der Waals surface area (Å²) in [6, 6.07) is 0. The summed E-state index contributed by atoms with van der Waals surface area (Å²) in [5.41, 5.74) is 5.45. The maximum atomic E-state index is 8.52. The van der Waals surface area contributed by atoms with Gasteiger partial charge in [0.15, 0.2) is 0 Å². The van der Waals surface area contributed by atoms with Gasteiger partial charge < -0.3 is 10.8 Å². The summed E-state index contributed by atoms with van der Waals surface area (Å²) >= 11 is 5.33. The van der Waals surface area contributed by atoms with Gasteiger partial charge in [0, 0.05) is 6.08 Å². The van der Waals surface area contributed by atoms with E-state index in [0.717, 1.165) is 0 Å². The Morgan fingerprint density at radius 1 is 1.56 bits per heavy atom. The van der Waals surface area contributed by atoms with Crippen molar-refractivity contribution in [3.05, 3.63) is 35.7 Å². The lowest BCUT2D eigenvalue weighted by molar-refractivity contribution is 0.434. The summed E-state index contributed by atoms with van der Waals surface area (Å²) in [7, 11) is 0. The van der Waals surface area contributed by atoms with Crippen molar-refractivity contribution < 1.29 is 5.11 Å². The molecule has 0 spiro atoms. The molecule has 2 nitrogen and oxygen atoms in total. The van der Waals surface area contributed by atoms with Gasteiger partial charge in [-0.1, -0.05) is 24.8 Å². The molecule has 0 aliphatic rings. The molecular weight excluding hydrogens is 138 g/mol. The summed E-state index contributed by atoms with van der Waals surface area (Å²) in [4.78, 5) is 0. The minimum Gasteiger partial charge on any atom is -0.509 e. The molecule has 0 saturated carbocycles. The predicted octanol–water partition coefficient (Wildman–Crippen LogP) is 1.65. The first kappa shape index (κ1) is 8.11. The summed E-state index contributed by atoms with van der Waals surface area (Å²) in [5.74, 6) is -0.130. The van der Waals surface area contributed by atoms with Crippen LogP contribution in [-0.2, 0) is 0 Å². The van der Waals surface area contributed by atoms with Crippen LogP contribution in [0.1, 0.15) is 0 Å². The molecule has 0 aromatic rings. The molecule has 0 saturated heterocycles. The number of hydrogen-bond donors (Lipinski definition) is 2. The van der Waals surface area contributed by atoms with Gasteiger partial charge >= 0.3 is 0 Å². The molecule has 0 heterocycles. The largest absolute Gasteiger partial charge is 0.509 e. The normalized spacial score (nSPS) is 11.0. The van der Waals surface area contributed by atoms with Crippen molar-refractivity contribution in [1.29, 1.82) is 0 Å². The van der Waals surface area contributed by atoms with Gasteiger partial charge in [-0.25, -0.2) is 0 Å². The molecule has 9 heavy (non-hydrogen) atoms. The first-order valence-corrected chi connectivity index (χ1v) is 2.61. The maximum absolute atomic E-state index is 8.52. The van der Waals surface area contributed by atoms with Crippen LogP contribution in [0, 0.1) is 0 Å². The molecule has 0 aliphatic carbocycles. The predicted molar refractivity (Wildman–Crippen MR) is 39.0 cm³/mol. The van der Waals surface area contributed by atoms with E-state index in [2.05, 4.69) is 13.2 Å². The van der Waals surface area contributed by atoms with E-state index in [1.165, 1.54) is 6.08 Å². The van der Waals surface area contributed by atoms with Crippen molar-refractivity contribution >= 4 is 11.6 Å². The van der Waals surface area contributed by atoms with Crippen molar-refractivity contribution in [2.75, 3.05) is 0 Å². The third-order valence-corrected chi connectivity index (χ3v) is 0.854. The van der Waals surface area contributed by atoms with E-state index in [0.29, 0.717) is 0 Å². The lowest BCUT2D eigenvalue weighted by Crippen LogP contribution is -1.96. The summed E-state index contributed by atoms with van der Waals surface area (Å²) in [6.45, 7) is 6.50. The van der Waals surface area contributed by atoms with E-state index >= 15 is 0 Å². The summed E-state index contributed by atoms with van der Waals surface area (Å²) in [6.07, 6.45) is 1.23. The number of hydrogen-bond acceptors (Lipinski definition) is 2. The van der Waals surface area contributed by atoms with Crippen molar-refractivity contribution in [2.45, 2.75) is 0 Å². The van der Waals surface area contributed by atoms with Crippen molar-refractivity contribution in [2.24, 2.45) is 5.73 Å². The van der Waals surface area contributed by atoms with E-state index in [1.807, 2.05) is 0 Å². The molecule has 0 aromatic heterocycles. The van der Waals surface area contributed by atoms with Gasteiger partial charge in [-0.3, -0.25) is 0 Å². The zero-order valence-corrected chi connectivity index (χ0v) is 5.65. The number of aliphatic hydroxyl groups is 1. The lowest BCUT2D eigenvalue weighted by atomic mass is 10.4. The molecule has 0 atom stereocenters. The Balaban J connectivity index is 4.17. The van der Waals surface area contributed by atoms with Crippen LogP contribution in [0.15, 0.2) is 35.7 Å². The smallest absolute Gasteiger partial charge is 0.110 e. The van der Waals surface area contributed by atoms with Crippen LogP contribution in [0.4, 0.5) is 0 Å². The van der Waals surface area contributed by atoms with Gasteiger partial charge in [-0.15, -0.1) is 0 Å². The van der Waals surface area contributed by atoms with Gasteiger partial charge in [0.2, 0.25) is 0 Å². The number of aliphatic hydroxyl groups excluding tert-OH is 1. The van der Waals surface area contributed by atoms with Crippen LogP contribution in [0.5, 0.6) is 0 Å². The average Bonchev–Trinajstić information content (AvgIpc) is 1.63. The highest BCUT2D eigenvalue weighted by Gasteiger charge is 1.91. The quantitative estimate of drug-likeness (QED) is 0.459. The van der Waals surface area contributed by atoms with E-state index < -0.39 is 0 Å². The molecule has 0 amide bonds. The molecule has 0 unspecified atom stereocenters. The summed E-state index contributed by atoms with van der Waals surface area (Å²) in [5, 5.41) is 8.72. The minimum atomic E-state index is -0.130. The Labute approximate surface area is 58.9 Å². The minimum absolute atomic E-state index is 0.130. The Morgan fingerprint density at radius 3 is 2.11 bits per heavy atom. The van der Waals surface area contributed by atoms with Gasteiger partial charge in [-0.2, -0.15) is 0 Å². The summed E-state index contributed by atoms with van der Waals surface area (Å²) < 4.78 is 0. The van der Waals surface area contributed by atoms with Gasteiger partial charge in [0.25, 0.3) is 0 Å². The van der Waals surface area contributed by atoms with E-state index in [-0.39, 0.29) is 16.5 Å². The molecule has 50 valence electrons. The van der Waals surface area contributed by atoms with Crippen LogP contribution < -0.4 is 5.73 Å². The molecule has 3 N–H and O–H groups in total. The lowest BCUT2D eigenvalue weighted by Gasteiger charge is -1.93. The van der Waals surface area contributed by atoms with E-state index in [9.17, 15) is 0 Å². The van der Waals surface area contributed by atoms with Crippen LogP contribution in [-0.4, -0.2) is 5.11 Å². The highest BCUT2D eigenvalue weighted by Crippen LogP contribution is 2.06. The second kappa shape index (κ2) is 3.20. The second-order valence-corrected chi connectivity index (χ2v) is 1.95. The number of rotatable bonds is 2. The molecule has 0 bridgehead atoms. The van der Waals surface area contributed by atoms with Crippen molar-refractivity contribution in [3.63, 3.8) is 0 Å². The fourth-order valence-corrected chi connectivity index (χ4v) is 0.312. The molecule has 0 aromatic carbocycles.